The maximum Gasteiger partial charge on any atom is 0.263 e. The van der Waals surface area contributed by atoms with Crippen molar-refractivity contribution < 1.29 is 9.53 Å². The zero-order valence-electron chi connectivity index (χ0n) is 12.4. The number of hydrogen-bond acceptors (Lipinski definition) is 4. The molecule has 0 aliphatic carbocycles. The van der Waals surface area contributed by atoms with Crippen LogP contribution >= 0.6 is 11.3 Å². The number of ether oxygens (including phenoxy) is 1. The van der Waals surface area contributed by atoms with E-state index in [9.17, 15) is 4.79 Å². The molecule has 3 N–H and O–H groups in total. The molecule has 1 saturated heterocycles. The molecule has 1 aliphatic rings. The third-order valence-electron chi connectivity index (χ3n) is 4.01. The number of hydrogen-bond donors (Lipinski definition) is 2. The van der Waals surface area contributed by atoms with Gasteiger partial charge in [0.15, 0.2) is 0 Å². The summed E-state index contributed by atoms with van der Waals surface area (Å²) in [7, 11) is 0. The van der Waals surface area contributed by atoms with Crippen molar-refractivity contribution in [2.24, 2.45) is 0 Å². The third-order valence-corrected chi connectivity index (χ3v) is 5.20. The van der Waals surface area contributed by atoms with Gasteiger partial charge in [0.05, 0.1) is 11.3 Å². The summed E-state index contributed by atoms with van der Waals surface area (Å²) >= 11 is 1.44. The standard InChI is InChI=1S/C16H20N2O2S/c1-10-4-5-12-11(8-10)13(17)14(21-12)15(19)18-9-16(2)6-3-7-20-16/h4-5,8H,3,6-7,9,17H2,1-2H3,(H,18,19). The Labute approximate surface area is 128 Å². The molecule has 1 unspecified atom stereocenters. The van der Waals surface area contributed by atoms with Gasteiger partial charge in [0, 0.05) is 23.2 Å². The SMILES string of the molecule is Cc1ccc2sc(C(=O)NCC3(C)CCCO3)c(N)c2c1. The van der Waals surface area contributed by atoms with Crippen molar-refractivity contribution in [3.05, 3.63) is 28.6 Å². The van der Waals surface area contributed by atoms with Crippen LogP contribution in [0.1, 0.15) is 35.0 Å². The average molecular weight is 304 g/mol. The van der Waals surface area contributed by atoms with E-state index in [1.165, 1.54) is 11.3 Å². The van der Waals surface area contributed by atoms with Gasteiger partial charge in [-0.3, -0.25) is 4.79 Å². The highest BCUT2D eigenvalue weighted by Gasteiger charge is 2.30. The van der Waals surface area contributed by atoms with E-state index in [2.05, 4.69) is 5.32 Å². The lowest BCUT2D eigenvalue weighted by Gasteiger charge is -2.23. The van der Waals surface area contributed by atoms with E-state index in [1.54, 1.807) is 0 Å². The monoisotopic (exact) mass is 304 g/mol. The maximum absolute atomic E-state index is 12.4. The zero-order valence-corrected chi connectivity index (χ0v) is 13.2. The number of nitrogens with two attached hydrogens (primary N) is 1. The van der Waals surface area contributed by atoms with Crippen molar-refractivity contribution in [2.45, 2.75) is 32.3 Å². The second kappa shape index (κ2) is 5.31. The van der Waals surface area contributed by atoms with Crippen LogP contribution in [0.5, 0.6) is 0 Å². The average Bonchev–Trinajstić information content (AvgIpc) is 3.02. The Kier molecular flexibility index (Phi) is 3.63. The molecule has 2 aromatic rings. The molecule has 1 atom stereocenters. The number of benzene rings is 1. The van der Waals surface area contributed by atoms with Gasteiger partial charge in [0.1, 0.15) is 4.88 Å². The number of nitrogens with one attached hydrogen (secondary N) is 1. The molecule has 0 saturated carbocycles. The molecular formula is C16H20N2O2S. The highest BCUT2D eigenvalue weighted by Crippen LogP contribution is 2.34. The van der Waals surface area contributed by atoms with E-state index in [0.717, 1.165) is 35.1 Å². The maximum atomic E-state index is 12.4. The van der Waals surface area contributed by atoms with E-state index < -0.39 is 0 Å². The van der Waals surface area contributed by atoms with Gasteiger partial charge in [0.25, 0.3) is 5.91 Å². The fourth-order valence-electron chi connectivity index (χ4n) is 2.72. The number of thiophene rings is 1. The summed E-state index contributed by atoms with van der Waals surface area (Å²) in [6.07, 6.45) is 2.03. The van der Waals surface area contributed by atoms with Gasteiger partial charge >= 0.3 is 0 Å². The summed E-state index contributed by atoms with van der Waals surface area (Å²) in [5.41, 5.74) is 7.63. The predicted molar refractivity (Wildman–Crippen MR) is 86.9 cm³/mol. The molecule has 2 heterocycles. The molecule has 0 bridgehead atoms. The summed E-state index contributed by atoms with van der Waals surface area (Å²) in [5, 5.41) is 3.93. The predicted octanol–water partition coefficient (Wildman–Crippen LogP) is 3.09. The van der Waals surface area contributed by atoms with E-state index in [-0.39, 0.29) is 11.5 Å². The van der Waals surface area contributed by atoms with Gasteiger partial charge in [-0.1, -0.05) is 11.6 Å². The fraction of sp³-hybridized carbons (Fsp3) is 0.438. The molecule has 112 valence electrons. The molecule has 1 aromatic carbocycles. The summed E-state index contributed by atoms with van der Waals surface area (Å²) in [6, 6.07) is 6.08. The van der Waals surface area contributed by atoms with Crippen LogP contribution in [0, 0.1) is 6.92 Å². The number of carbonyl (C=O) groups excluding carboxylic acids is 1. The van der Waals surface area contributed by atoms with Gasteiger partial charge < -0.3 is 15.8 Å². The van der Waals surface area contributed by atoms with Crippen molar-refractivity contribution in [1.29, 1.82) is 0 Å². The van der Waals surface area contributed by atoms with Crippen LogP contribution in [0.15, 0.2) is 18.2 Å². The highest BCUT2D eigenvalue weighted by molar-refractivity contribution is 7.21. The van der Waals surface area contributed by atoms with Gasteiger partial charge in [-0.05, 0) is 38.8 Å². The first kappa shape index (κ1) is 14.4. The van der Waals surface area contributed by atoms with Gasteiger partial charge in [-0.15, -0.1) is 11.3 Å². The largest absolute Gasteiger partial charge is 0.397 e. The van der Waals surface area contributed by atoms with Crippen molar-refractivity contribution >= 4 is 33.0 Å². The molecule has 4 nitrogen and oxygen atoms in total. The van der Waals surface area contributed by atoms with E-state index >= 15 is 0 Å². The van der Waals surface area contributed by atoms with Gasteiger partial charge in [0.2, 0.25) is 0 Å². The summed E-state index contributed by atoms with van der Waals surface area (Å²) in [6.45, 7) is 5.36. The Bertz CT molecular complexity index is 687. The molecular weight excluding hydrogens is 284 g/mol. The first-order valence-corrected chi connectivity index (χ1v) is 8.01. The number of rotatable bonds is 3. The number of amides is 1. The Morgan fingerprint density at radius 1 is 1.52 bits per heavy atom. The second-order valence-corrected chi connectivity index (χ2v) is 6.98. The van der Waals surface area contributed by atoms with Crippen LogP contribution < -0.4 is 11.1 Å². The van der Waals surface area contributed by atoms with Crippen molar-refractivity contribution in [3.8, 4) is 0 Å². The quantitative estimate of drug-likeness (QED) is 0.916. The minimum Gasteiger partial charge on any atom is -0.397 e. The Balaban J connectivity index is 1.80. The van der Waals surface area contributed by atoms with Crippen LogP contribution in [-0.4, -0.2) is 24.7 Å². The number of fused-ring (bicyclic) bond motifs is 1. The molecule has 5 heteroatoms. The molecule has 1 fully saturated rings. The Morgan fingerprint density at radius 3 is 3.05 bits per heavy atom. The molecule has 1 aromatic heterocycles. The minimum atomic E-state index is -0.238. The van der Waals surface area contributed by atoms with E-state index in [1.807, 2.05) is 32.0 Å². The second-order valence-electron chi connectivity index (χ2n) is 5.93. The summed E-state index contributed by atoms with van der Waals surface area (Å²) in [4.78, 5) is 13.0. The molecule has 1 aliphatic heterocycles. The molecule has 3 rings (SSSR count). The lowest BCUT2D eigenvalue weighted by Crippen LogP contribution is -2.40. The zero-order chi connectivity index (χ0) is 15.0. The normalized spacial score (nSPS) is 21.8. The van der Waals surface area contributed by atoms with Crippen LogP contribution in [0.25, 0.3) is 10.1 Å². The van der Waals surface area contributed by atoms with Crippen molar-refractivity contribution in [1.82, 2.24) is 5.32 Å². The van der Waals surface area contributed by atoms with Gasteiger partial charge in [-0.2, -0.15) is 0 Å². The van der Waals surface area contributed by atoms with Crippen LogP contribution in [-0.2, 0) is 4.74 Å². The molecule has 0 radical (unpaired) electrons. The minimum absolute atomic E-state index is 0.108. The van der Waals surface area contributed by atoms with Crippen LogP contribution in [0.3, 0.4) is 0 Å². The molecule has 21 heavy (non-hydrogen) atoms. The number of carbonyl (C=O) groups is 1. The first-order valence-electron chi connectivity index (χ1n) is 7.19. The van der Waals surface area contributed by atoms with E-state index in [0.29, 0.717) is 17.1 Å². The van der Waals surface area contributed by atoms with Crippen molar-refractivity contribution in [3.63, 3.8) is 0 Å². The Hall–Kier alpha value is -1.59. The highest BCUT2D eigenvalue weighted by atomic mass is 32.1. The smallest absolute Gasteiger partial charge is 0.263 e. The van der Waals surface area contributed by atoms with Crippen LogP contribution in [0.4, 0.5) is 5.69 Å². The topological polar surface area (TPSA) is 64.3 Å². The van der Waals surface area contributed by atoms with E-state index in [4.69, 9.17) is 10.5 Å². The Morgan fingerprint density at radius 2 is 2.33 bits per heavy atom. The van der Waals surface area contributed by atoms with Crippen LogP contribution in [0.2, 0.25) is 0 Å². The third kappa shape index (κ3) is 2.76. The summed E-state index contributed by atoms with van der Waals surface area (Å²) in [5.74, 6) is -0.108. The number of anilines is 1. The summed E-state index contributed by atoms with van der Waals surface area (Å²) < 4.78 is 6.74. The fourth-order valence-corrected chi connectivity index (χ4v) is 3.74. The van der Waals surface area contributed by atoms with Crippen molar-refractivity contribution in [2.75, 3.05) is 18.9 Å². The number of nitrogen functional groups attached to an aromatic ring is 1. The lowest BCUT2D eigenvalue weighted by molar-refractivity contribution is 0.0206. The lowest BCUT2D eigenvalue weighted by atomic mass is 10.0. The number of aryl methyl sites for hydroxylation is 1. The molecule has 0 spiro atoms. The van der Waals surface area contributed by atoms with Gasteiger partial charge in [-0.25, -0.2) is 0 Å². The first-order chi connectivity index (χ1) is 9.98. The molecule has 1 amide bonds.